The molecule has 0 aromatic heterocycles. The molecule has 1 atom stereocenters. The summed E-state index contributed by atoms with van der Waals surface area (Å²) >= 11 is 0. The van der Waals surface area contributed by atoms with Crippen LogP contribution in [0.2, 0.25) is 0 Å². The van der Waals surface area contributed by atoms with Gasteiger partial charge in [-0.2, -0.15) is 0 Å². The van der Waals surface area contributed by atoms with Gasteiger partial charge in [0.15, 0.2) is 6.29 Å². The SMILES string of the molecule is C=C(C1=[N+]([O-])OC(OCC)CC1)c1ccc([N+](=O)[O-])cc1. The summed E-state index contributed by atoms with van der Waals surface area (Å²) in [4.78, 5) is 15.7. The van der Waals surface area contributed by atoms with Gasteiger partial charge in [-0.1, -0.05) is 6.58 Å². The molecule has 7 heteroatoms. The van der Waals surface area contributed by atoms with Crippen molar-refractivity contribution in [2.45, 2.75) is 26.1 Å². The Kier molecular flexibility index (Phi) is 4.54. The summed E-state index contributed by atoms with van der Waals surface area (Å²) in [6, 6.07) is 5.89. The molecule has 1 aromatic rings. The largest absolute Gasteiger partial charge is 0.372 e. The number of benzene rings is 1. The highest BCUT2D eigenvalue weighted by Gasteiger charge is 2.27. The molecule has 0 bridgehead atoms. The Labute approximate surface area is 121 Å². The van der Waals surface area contributed by atoms with Gasteiger partial charge in [0.05, 0.1) is 4.92 Å². The fourth-order valence-corrected chi connectivity index (χ4v) is 2.08. The molecule has 0 saturated carbocycles. The molecule has 1 aromatic carbocycles. The Morgan fingerprint density at radius 3 is 2.71 bits per heavy atom. The number of ether oxygens (including phenoxy) is 1. The minimum absolute atomic E-state index is 0.00756. The summed E-state index contributed by atoms with van der Waals surface area (Å²) < 4.78 is 5.25. The quantitative estimate of drug-likeness (QED) is 0.473. The Morgan fingerprint density at radius 2 is 2.19 bits per heavy atom. The van der Waals surface area contributed by atoms with Crippen molar-refractivity contribution in [1.82, 2.24) is 0 Å². The molecule has 0 amide bonds. The van der Waals surface area contributed by atoms with E-state index < -0.39 is 11.2 Å². The van der Waals surface area contributed by atoms with Gasteiger partial charge in [0.25, 0.3) is 11.4 Å². The van der Waals surface area contributed by atoms with Crippen molar-refractivity contribution in [3.05, 3.63) is 51.7 Å². The number of allylic oxidation sites excluding steroid dienone is 1. The van der Waals surface area contributed by atoms with Gasteiger partial charge in [0.1, 0.15) is 0 Å². The van der Waals surface area contributed by atoms with Gasteiger partial charge >= 0.3 is 0 Å². The number of nitro groups is 1. The van der Waals surface area contributed by atoms with E-state index in [0.29, 0.717) is 41.2 Å². The summed E-state index contributed by atoms with van der Waals surface area (Å²) in [5, 5.41) is 22.5. The van der Waals surface area contributed by atoms with E-state index in [1.807, 2.05) is 6.92 Å². The number of nitrogens with zero attached hydrogens (tertiary/aromatic N) is 2. The Bertz CT molecular complexity index is 580. The van der Waals surface area contributed by atoms with Crippen LogP contribution in [0.15, 0.2) is 30.8 Å². The highest BCUT2D eigenvalue weighted by atomic mass is 16.9. The van der Waals surface area contributed by atoms with Gasteiger partial charge in [0, 0.05) is 35.6 Å². The van der Waals surface area contributed by atoms with Crippen LogP contribution in [0.5, 0.6) is 0 Å². The fourth-order valence-electron chi connectivity index (χ4n) is 2.08. The molecule has 2 rings (SSSR count). The number of hydrogen-bond donors (Lipinski definition) is 0. The van der Waals surface area contributed by atoms with Crippen LogP contribution in [0.3, 0.4) is 0 Å². The monoisotopic (exact) mass is 292 g/mol. The number of non-ortho nitro benzene ring substituents is 1. The third-order valence-electron chi connectivity index (χ3n) is 3.18. The highest BCUT2D eigenvalue weighted by molar-refractivity contribution is 6.20. The second kappa shape index (κ2) is 6.36. The van der Waals surface area contributed by atoms with Crippen molar-refractivity contribution in [2.24, 2.45) is 0 Å². The van der Waals surface area contributed by atoms with E-state index in [0.717, 1.165) is 0 Å². The molecule has 1 unspecified atom stereocenters. The van der Waals surface area contributed by atoms with E-state index in [2.05, 4.69) is 6.58 Å². The van der Waals surface area contributed by atoms with E-state index in [9.17, 15) is 15.3 Å². The number of nitro benzene ring substituents is 1. The lowest BCUT2D eigenvalue weighted by atomic mass is 9.99. The van der Waals surface area contributed by atoms with Crippen LogP contribution < -0.4 is 0 Å². The molecular weight excluding hydrogens is 276 g/mol. The lowest BCUT2D eigenvalue weighted by Gasteiger charge is -2.24. The molecule has 7 nitrogen and oxygen atoms in total. The third-order valence-corrected chi connectivity index (χ3v) is 3.18. The van der Waals surface area contributed by atoms with E-state index in [-0.39, 0.29) is 5.69 Å². The summed E-state index contributed by atoms with van der Waals surface area (Å²) in [6.07, 6.45) is 0.499. The topological polar surface area (TPSA) is 87.7 Å². The van der Waals surface area contributed by atoms with Crippen LogP contribution in [0.25, 0.3) is 5.57 Å². The second-order valence-electron chi connectivity index (χ2n) is 4.52. The van der Waals surface area contributed by atoms with Gasteiger partial charge in [-0.3, -0.25) is 15.3 Å². The molecule has 0 spiro atoms. The highest BCUT2D eigenvalue weighted by Crippen LogP contribution is 2.23. The van der Waals surface area contributed by atoms with E-state index >= 15 is 0 Å². The summed E-state index contributed by atoms with van der Waals surface area (Å²) in [7, 11) is 0. The maximum Gasteiger partial charge on any atom is 0.269 e. The van der Waals surface area contributed by atoms with Crippen LogP contribution in [-0.4, -0.2) is 28.4 Å². The summed E-state index contributed by atoms with van der Waals surface area (Å²) in [5.74, 6) is 0. The van der Waals surface area contributed by atoms with Gasteiger partial charge < -0.3 is 9.57 Å². The van der Waals surface area contributed by atoms with Gasteiger partial charge in [-0.15, -0.1) is 0 Å². The number of rotatable bonds is 5. The lowest BCUT2D eigenvalue weighted by Crippen LogP contribution is -2.32. The predicted molar refractivity (Wildman–Crippen MR) is 76.5 cm³/mol. The summed E-state index contributed by atoms with van der Waals surface area (Å²) in [6.45, 7) is 6.17. The molecule has 112 valence electrons. The smallest absolute Gasteiger partial charge is 0.269 e. The molecule has 1 heterocycles. The fraction of sp³-hybridized carbons (Fsp3) is 0.357. The van der Waals surface area contributed by atoms with Crippen molar-refractivity contribution >= 4 is 17.0 Å². The molecule has 0 saturated heterocycles. The Hall–Kier alpha value is -2.41. The van der Waals surface area contributed by atoms with E-state index in [1.54, 1.807) is 12.1 Å². The van der Waals surface area contributed by atoms with Gasteiger partial charge in [-0.05, 0) is 31.0 Å². The zero-order chi connectivity index (χ0) is 15.4. The van der Waals surface area contributed by atoms with Crippen LogP contribution >= 0.6 is 0 Å². The van der Waals surface area contributed by atoms with Crippen LogP contribution in [0, 0.1) is 15.3 Å². The van der Waals surface area contributed by atoms with Crippen molar-refractivity contribution in [3.8, 4) is 0 Å². The first-order valence-corrected chi connectivity index (χ1v) is 6.58. The van der Waals surface area contributed by atoms with Crippen molar-refractivity contribution in [1.29, 1.82) is 0 Å². The molecule has 1 aliphatic heterocycles. The first-order chi connectivity index (χ1) is 10.0. The minimum Gasteiger partial charge on any atom is -0.372 e. The molecular formula is C14H16N2O5. The molecule has 0 radical (unpaired) electrons. The lowest BCUT2D eigenvalue weighted by molar-refractivity contribution is -0.770. The van der Waals surface area contributed by atoms with E-state index in [1.165, 1.54) is 12.1 Å². The molecule has 1 aliphatic rings. The van der Waals surface area contributed by atoms with E-state index in [4.69, 9.17) is 9.57 Å². The Morgan fingerprint density at radius 1 is 1.52 bits per heavy atom. The standard InChI is InChI=1S/C14H16N2O5/c1-3-20-14-9-8-13(16(19)21-14)10(2)11-4-6-12(7-5-11)15(17)18/h4-7,14H,2-3,8-9H2,1H3. The normalized spacial score (nSPS) is 18.2. The minimum atomic E-state index is -0.541. The number of hydrogen-bond acceptors (Lipinski definition) is 5. The van der Waals surface area contributed by atoms with Gasteiger partial charge in [-0.25, -0.2) is 0 Å². The van der Waals surface area contributed by atoms with Gasteiger partial charge in [0.2, 0.25) is 0 Å². The average molecular weight is 292 g/mol. The van der Waals surface area contributed by atoms with Crippen LogP contribution in [0.1, 0.15) is 25.3 Å². The zero-order valence-electron chi connectivity index (χ0n) is 11.7. The predicted octanol–water partition coefficient (Wildman–Crippen LogP) is 2.65. The molecule has 21 heavy (non-hydrogen) atoms. The first-order valence-electron chi connectivity index (χ1n) is 6.58. The zero-order valence-corrected chi connectivity index (χ0v) is 11.7. The van der Waals surface area contributed by atoms with Crippen molar-refractivity contribution in [2.75, 3.05) is 6.61 Å². The van der Waals surface area contributed by atoms with Crippen LogP contribution in [0.4, 0.5) is 5.69 Å². The Balaban J connectivity index is 2.16. The maximum absolute atomic E-state index is 11.9. The first kappa shape index (κ1) is 15.0. The second-order valence-corrected chi connectivity index (χ2v) is 4.52. The maximum atomic E-state index is 11.9. The molecule has 0 fully saturated rings. The van der Waals surface area contributed by atoms with Crippen molar-refractivity contribution in [3.63, 3.8) is 0 Å². The summed E-state index contributed by atoms with van der Waals surface area (Å²) in [5.41, 5.74) is 1.54. The molecule has 0 N–H and O–H groups in total. The van der Waals surface area contributed by atoms with Crippen molar-refractivity contribution < 1.29 is 19.4 Å². The van der Waals surface area contributed by atoms with Crippen LogP contribution in [-0.2, 0) is 9.57 Å². The third kappa shape index (κ3) is 3.38. The average Bonchev–Trinajstić information content (AvgIpc) is 2.47. The molecule has 0 aliphatic carbocycles.